The summed E-state index contributed by atoms with van der Waals surface area (Å²) in [6.07, 6.45) is 15.6. The average molecular weight is 629 g/mol. The molecular formula is C41H57ClN2O. The van der Waals surface area contributed by atoms with Gasteiger partial charge in [-0.2, -0.15) is 0 Å². The van der Waals surface area contributed by atoms with E-state index in [9.17, 15) is 4.79 Å². The van der Waals surface area contributed by atoms with E-state index in [1.54, 1.807) is 0 Å². The number of hydrogen-bond acceptors (Lipinski definition) is 1. The molecule has 0 bridgehead atoms. The zero-order chi connectivity index (χ0) is 31.7. The molecule has 1 heterocycles. The second kappa shape index (κ2) is 9.90. The number of aromatic nitrogens is 1. The van der Waals surface area contributed by atoms with E-state index in [1.807, 2.05) is 6.07 Å². The SMILES string of the molecule is C=C(C)C1CC[C@]2(C(=O)NC3CCCC3)CC[C@]3(C)C(CCC4[C@@]5(C)Cc6c([nH]c7ccc(Cl)cc67)C(C)(C)C5CC[C@]43C)C12. The summed E-state index contributed by atoms with van der Waals surface area (Å²) in [6.45, 7) is 20.0. The van der Waals surface area contributed by atoms with Crippen LogP contribution in [0, 0.1) is 51.2 Å². The fourth-order valence-corrected chi connectivity index (χ4v) is 14.4. The van der Waals surface area contributed by atoms with E-state index in [1.165, 1.54) is 72.7 Å². The number of carbonyl (C=O) groups is 1. The normalized spacial score (nSPS) is 43.6. The lowest BCUT2D eigenvalue weighted by atomic mass is 9.32. The van der Waals surface area contributed by atoms with Crippen molar-refractivity contribution in [3.63, 3.8) is 0 Å². The minimum Gasteiger partial charge on any atom is -0.358 e. The molecule has 45 heavy (non-hydrogen) atoms. The van der Waals surface area contributed by atoms with E-state index >= 15 is 0 Å². The second-order valence-electron chi connectivity index (χ2n) is 18.4. The molecule has 6 aliphatic rings. The third-order valence-electron chi connectivity index (χ3n) is 16.4. The Bertz CT molecular complexity index is 1560. The Labute approximate surface area is 277 Å². The van der Waals surface area contributed by atoms with Crippen molar-refractivity contribution in [2.75, 3.05) is 0 Å². The molecule has 0 aliphatic heterocycles. The maximum Gasteiger partial charge on any atom is 0.226 e. The van der Waals surface area contributed by atoms with Crippen LogP contribution in [0.2, 0.25) is 5.02 Å². The molecule has 4 heteroatoms. The Morgan fingerprint density at radius 1 is 0.911 bits per heavy atom. The Morgan fingerprint density at radius 2 is 1.67 bits per heavy atom. The molecule has 5 fully saturated rings. The van der Waals surface area contributed by atoms with Crippen molar-refractivity contribution in [1.82, 2.24) is 10.3 Å². The molecule has 5 saturated carbocycles. The number of hydrogen-bond donors (Lipinski definition) is 2. The molecule has 0 radical (unpaired) electrons. The standard InChI is InChI=1S/C41H57ClN2O/c1-24(2)27-16-19-41(36(45)43-26-10-8-9-11-26)21-20-39(6)30(34(27)41)13-15-33-38(5)23-29-28-22-25(42)12-14-31(28)44-35(29)37(3,4)32(38)17-18-40(33,39)7/h12,14,22,26-27,30,32-34,44H,1,8-11,13,15-21,23H2,2-7H3,(H,43,45)/t27?,30?,32?,33?,34?,38-,39+,40+,41-/m0/s1. The van der Waals surface area contributed by atoms with Crippen molar-refractivity contribution >= 4 is 28.4 Å². The number of allylic oxidation sites excluding steroid dienone is 1. The van der Waals surface area contributed by atoms with Crippen LogP contribution in [-0.4, -0.2) is 16.9 Å². The Kier molecular flexibility index (Phi) is 6.73. The first-order valence-corrected chi connectivity index (χ1v) is 18.9. The number of halogens is 1. The predicted octanol–water partition coefficient (Wildman–Crippen LogP) is 10.6. The zero-order valence-corrected chi connectivity index (χ0v) is 29.6. The molecule has 1 amide bonds. The Morgan fingerprint density at radius 3 is 2.40 bits per heavy atom. The van der Waals surface area contributed by atoms with Gasteiger partial charge in [-0.1, -0.05) is 71.2 Å². The van der Waals surface area contributed by atoms with Crippen LogP contribution in [0.4, 0.5) is 0 Å². The van der Waals surface area contributed by atoms with Crippen LogP contribution in [-0.2, 0) is 16.6 Å². The zero-order valence-electron chi connectivity index (χ0n) is 28.9. The number of fused-ring (bicyclic) bond motifs is 10. The first-order valence-electron chi connectivity index (χ1n) is 18.5. The van der Waals surface area contributed by atoms with Crippen LogP contribution in [0.15, 0.2) is 30.4 Å². The number of aromatic amines is 1. The van der Waals surface area contributed by atoms with Crippen molar-refractivity contribution in [1.29, 1.82) is 0 Å². The van der Waals surface area contributed by atoms with E-state index in [2.05, 4.69) is 70.6 Å². The van der Waals surface area contributed by atoms with Gasteiger partial charge >= 0.3 is 0 Å². The van der Waals surface area contributed by atoms with Gasteiger partial charge in [-0.3, -0.25) is 4.79 Å². The molecule has 1 aromatic carbocycles. The van der Waals surface area contributed by atoms with E-state index in [0.29, 0.717) is 41.5 Å². The number of rotatable bonds is 3. The lowest BCUT2D eigenvalue weighted by Crippen LogP contribution is -2.67. The molecular weight excluding hydrogens is 572 g/mol. The number of benzene rings is 1. The highest BCUT2D eigenvalue weighted by molar-refractivity contribution is 6.31. The van der Waals surface area contributed by atoms with Gasteiger partial charge in [-0.15, -0.1) is 0 Å². The van der Waals surface area contributed by atoms with Crippen LogP contribution in [0.1, 0.15) is 130 Å². The summed E-state index contributed by atoms with van der Waals surface area (Å²) in [5.74, 6) is 3.23. The lowest BCUT2D eigenvalue weighted by Gasteiger charge is -2.72. The molecule has 9 atom stereocenters. The fourth-order valence-electron chi connectivity index (χ4n) is 14.2. The van der Waals surface area contributed by atoms with Crippen LogP contribution in [0.3, 0.4) is 0 Å². The Hall–Kier alpha value is -1.74. The largest absolute Gasteiger partial charge is 0.358 e. The summed E-state index contributed by atoms with van der Waals surface area (Å²) < 4.78 is 0. The molecule has 2 N–H and O–H groups in total. The van der Waals surface area contributed by atoms with Gasteiger partial charge in [0.2, 0.25) is 5.91 Å². The monoisotopic (exact) mass is 628 g/mol. The number of nitrogens with one attached hydrogen (secondary N) is 2. The van der Waals surface area contributed by atoms with Crippen molar-refractivity contribution in [2.24, 2.45) is 51.2 Å². The number of carbonyl (C=O) groups excluding carboxylic acids is 1. The van der Waals surface area contributed by atoms with Gasteiger partial charge in [0.05, 0.1) is 5.41 Å². The molecule has 8 rings (SSSR count). The van der Waals surface area contributed by atoms with Crippen molar-refractivity contribution in [3.8, 4) is 0 Å². The molecule has 2 aromatic rings. The Balaban J connectivity index is 1.18. The van der Waals surface area contributed by atoms with E-state index < -0.39 is 0 Å². The third-order valence-corrected chi connectivity index (χ3v) is 16.7. The van der Waals surface area contributed by atoms with Crippen molar-refractivity contribution in [2.45, 2.75) is 136 Å². The molecule has 6 aliphatic carbocycles. The van der Waals surface area contributed by atoms with E-state index in [-0.39, 0.29) is 27.1 Å². The van der Waals surface area contributed by atoms with Crippen LogP contribution in [0.5, 0.6) is 0 Å². The van der Waals surface area contributed by atoms with Gasteiger partial charge in [-0.05, 0) is 147 Å². The van der Waals surface area contributed by atoms with Crippen LogP contribution >= 0.6 is 11.6 Å². The number of H-pyrrole nitrogens is 1. The molecule has 1 aromatic heterocycles. The maximum atomic E-state index is 14.4. The van der Waals surface area contributed by atoms with Gasteiger partial charge in [0.15, 0.2) is 0 Å². The highest BCUT2D eigenvalue weighted by Crippen LogP contribution is 2.77. The van der Waals surface area contributed by atoms with Crippen molar-refractivity contribution in [3.05, 3.63) is 46.6 Å². The van der Waals surface area contributed by atoms with Gasteiger partial charge in [-0.25, -0.2) is 0 Å². The topological polar surface area (TPSA) is 44.9 Å². The minimum absolute atomic E-state index is 0.0868. The van der Waals surface area contributed by atoms with Gasteiger partial charge in [0.1, 0.15) is 0 Å². The molecule has 0 spiro atoms. The summed E-state index contributed by atoms with van der Waals surface area (Å²) in [5.41, 5.74) is 6.15. The smallest absolute Gasteiger partial charge is 0.226 e. The summed E-state index contributed by atoms with van der Waals surface area (Å²) in [7, 11) is 0. The highest BCUT2D eigenvalue weighted by Gasteiger charge is 2.72. The lowest BCUT2D eigenvalue weighted by molar-refractivity contribution is -0.225. The van der Waals surface area contributed by atoms with Gasteiger partial charge in [0, 0.05) is 33.1 Å². The summed E-state index contributed by atoms with van der Waals surface area (Å²) in [6, 6.07) is 6.82. The molecule has 0 saturated heterocycles. The van der Waals surface area contributed by atoms with Gasteiger partial charge in [0.25, 0.3) is 0 Å². The van der Waals surface area contributed by atoms with Gasteiger partial charge < -0.3 is 10.3 Å². The first-order chi connectivity index (χ1) is 21.3. The third kappa shape index (κ3) is 3.92. The quantitative estimate of drug-likeness (QED) is 0.326. The number of amides is 1. The van der Waals surface area contributed by atoms with Crippen molar-refractivity contribution < 1.29 is 4.79 Å². The molecule has 244 valence electrons. The maximum absolute atomic E-state index is 14.4. The summed E-state index contributed by atoms with van der Waals surface area (Å²) in [5, 5.41) is 5.81. The molecule has 3 nitrogen and oxygen atoms in total. The van der Waals surface area contributed by atoms with Crippen LogP contribution < -0.4 is 5.32 Å². The first kappa shape index (κ1) is 30.6. The fraction of sp³-hybridized carbons (Fsp3) is 0.732. The summed E-state index contributed by atoms with van der Waals surface area (Å²) in [4.78, 5) is 18.3. The van der Waals surface area contributed by atoms with Crippen LogP contribution in [0.25, 0.3) is 10.9 Å². The predicted molar refractivity (Wildman–Crippen MR) is 186 cm³/mol. The average Bonchev–Trinajstić information content (AvgIpc) is 3.72. The second-order valence-corrected chi connectivity index (χ2v) is 18.8. The molecule has 5 unspecified atom stereocenters. The minimum atomic E-state index is -0.203. The van der Waals surface area contributed by atoms with E-state index in [0.717, 1.165) is 43.5 Å². The summed E-state index contributed by atoms with van der Waals surface area (Å²) >= 11 is 6.60. The van der Waals surface area contributed by atoms with E-state index in [4.69, 9.17) is 11.6 Å². The highest BCUT2D eigenvalue weighted by atomic mass is 35.5.